The van der Waals surface area contributed by atoms with Gasteiger partial charge in [0.2, 0.25) is 5.91 Å². The van der Waals surface area contributed by atoms with Crippen LogP contribution in [0.2, 0.25) is 0 Å². The summed E-state index contributed by atoms with van der Waals surface area (Å²) in [6.07, 6.45) is 0.938. The van der Waals surface area contributed by atoms with Crippen LogP contribution in [0.4, 0.5) is 0 Å². The molecule has 0 radical (unpaired) electrons. The van der Waals surface area contributed by atoms with Crippen LogP contribution in [0.1, 0.15) is 12.0 Å². The Hall–Kier alpha value is -1.15. The molecule has 6 heteroatoms. The van der Waals surface area contributed by atoms with E-state index in [4.69, 9.17) is 4.74 Å². The van der Waals surface area contributed by atoms with Gasteiger partial charge in [-0.2, -0.15) is 0 Å². The zero-order chi connectivity index (χ0) is 14.5. The minimum absolute atomic E-state index is 0.228. The van der Waals surface area contributed by atoms with E-state index in [0.29, 0.717) is 19.6 Å². The fourth-order valence-corrected chi connectivity index (χ4v) is 2.45. The van der Waals surface area contributed by atoms with Gasteiger partial charge >= 0.3 is 5.97 Å². The molecule has 1 amide bonds. The molecule has 2 atom stereocenters. The SMILES string of the molecule is O=C(N[C@@H](Cc1ccc(I)cc1)C(=O)O)[C@@H]1CCOC1. The van der Waals surface area contributed by atoms with Crippen molar-refractivity contribution in [3.05, 3.63) is 33.4 Å². The zero-order valence-corrected chi connectivity index (χ0v) is 13.0. The Labute approximate surface area is 130 Å². The van der Waals surface area contributed by atoms with Crippen molar-refractivity contribution in [1.82, 2.24) is 5.32 Å². The van der Waals surface area contributed by atoms with Crippen molar-refractivity contribution in [3.8, 4) is 0 Å². The third kappa shape index (κ3) is 4.17. The summed E-state index contributed by atoms with van der Waals surface area (Å²) in [7, 11) is 0. The van der Waals surface area contributed by atoms with Gasteiger partial charge in [-0.15, -0.1) is 0 Å². The Morgan fingerprint density at radius 3 is 2.65 bits per heavy atom. The summed E-state index contributed by atoms with van der Waals surface area (Å²) in [6.45, 7) is 0.939. The van der Waals surface area contributed by atoms with Crippen molar-refractivity contribution in [2.24, 2.45) is 5.92 Å². The van der Waals surface area contributed by atoms with Crippen LogP contribution < -0.4 is 5.32 Å². The van der Waals surface area contributed by atoms with Crippen molar-refractivity contribution in [3.63, 3.8) is 0 Å². The normalized spacial score (nSPS) is 19.6. The number of ether oxygens (including phenoxy) is 1. The van der Waals surface area contributed by atoms with Gasteiger partial charge in [0, 0.05) is 16.6 Å². The molecule has 108 valence electrons. The number of carboxylic acids is 1. The minimum Gasteiger partial charge on any atom is -0.480 e. The zero-order valence-electron chi connectivity index (χ0n) is 10.8. The lowest BCUT2D eigenvalue weighted by molar-refractivity contribution is -0.142. The van der Waals surface area contributed by atoms with E-state index in [0.717, 1.165) is 9.13 Å². The molecule has 1 aliphatic heterocycles. The van der Waals surface area contributed by atoms with Crippen LogP contribution in [0.5, 0.6) is 0 Å². The molecule has 1 aromatic carbocycles. The number of amides is 1. The van der Waals surface area contributed by atoms with E-state index >= 15 is 0 Å². The highest BCUT2D eigenvalue weighted by Crippen LogP contribution is 2.13. The van der Waals surface area contributed by atoms with E-state index in [9.17, 15) is 14.7 Å². The molecule has 0 spiro atoms. The van der Waals surface area contributed by atoms with Crippen LogP contribution in [0.3, 0.4) is 0 Å². The van der Waals surface area contributed by atoms with Gasteiger partial charge in [0.1, 0.15) is 6.04 Å². The van der Waals surface area contributed by atoms with Crippen LogP contribution in [0.25, 0.3) is 0 Å². The van der Waals surface area contributed by atoms with E-state index in [2.05, 4.69) is 27.9 Å². The lowest BCUT2D eigenvalue weighted by Gasteiger charge is -2.17. The first-order valence-corrected chi connectivity index (χ1v) is 7.49. The fourth-order valence-electron chi connectivity index (χ4n) is 2.09. The van der Waals surface area contributed by atoms with Crippen LogP contribution in [0.15, 0.2) is 24.3 Å². The molecule has 5 nitrogen and oxygen atoms in total. The van der Waals surface area contributed by atoms with E-state index < -0.39 is 12.0 Å². The summed E-state index contributed by atoms with van der Waals surface area (Å²) in [5, 5.41) is 11.8. The molecule has 2 N–H and O–H groups in total. The molecule has 0 saturated carbocycles. The maximum absolute atomic E-state index is 11.9. The van der Waals surface area contributed by atoms with Gasteiger partial charge in [-0.1, -0.05) is 12.1 Å². The largest absolute Gasteiger partial charge is 0.480 e. The predicted octanol–water partition coefficient (Wildman–Crippen LogP) is 1.44. The third-order valence-corrected chi connectivity index (χ3v) is 3.99. The Balaban J connectivity index is 1.98. The molecule has 0 bridgehead atoms. The molecule has 20 heavy (non-hydrogen) atoms. The second-order valence-electron chi connectivity index (χ2n) is 4.79. The first-order valence-electron chi connectivity index (χ1n) is 6.41. The van der Waals surface area contributed by atoms with E-state index in [-0.39, 0.29) is 18.2 Å². The number of nitrogens with one attached hydrogen (secondary N) is 1. The Kier molecular flexibility index (Phi) is 5.36. The van der Waals surface area contributed by atoms with E-state index in [1.165, 1.54) is 0 Å². The smallest absolute Gasteiger partial charge is 0.326 e. The number of hydrogen-bond donors (Lipinski definition) is 2. The van der Waals surface area contributed by atoms with Gasteiger partial charge in [0.25, 0.3) is 0 Å². The van der Waals surface area contributed by atoms with E-state index in [1.807, 2.05) is 24.3 Å². The second kappa shape index (κ2) is 7.03. The van der Waals surface area contributed by atoms with Gasteiger partial charge in [-0.05, 0) is 46.7 Å². The number of carbonyl (C=O) groups is 2. The average Bonchev–Trinajstić information content (AvgIpc) is 2.94. The van der Waals surface area contributed by atoms with Gasteiger partial charge < -0.3 is 15.2 Å². The van der Waals surface area contributed by atoms with Crippen molar-refractivity contribution in [1.29, 1.82) is 0 Å². The molecular formula is C14H16INO4. The molecule has 1 heterocycles. The lowest BCUT2D eigenvalue weighted by Crippen LogP contribution is -2.45. The van der Waals surface area contributed by atoms with Crippen molar-refractivity contribution >= 4 is 34.5 Å². The molecular weight excluding hydrogens is 373 g/mol. The topological polar surface area (TPSA) is 75.6 Å². The molecule has 0 unspecified atom stereocenters. The van der Waals surface area contributed by atoms with Crippen LogP contribution in [-0.2, 0) is 20.7 Å². The maximum Gasteiger partial charge on any atom is 0.326 e. The highest BCUT2D eigenvalue weighted by atomic mass is 127. The first-order chi connectivity index (χ1) is 9.56. The summed E-state index contributed by atoms with van der Waals surface area (Å²) in [4.78, 5) is 23.2. The Bertz CT molecular complexity index is 482. The predicted molar refractivity (Wildman–Crippen MR) is 81.4 cm³/mol. The number of halogens is 1. The summed E-state index contributed by atoms with van der Waals surface area (Å²) >= 11 is 2.19. The van der Waals surface area contributed by atoms with Crippen LogP contribution in [-0.4, -0.2) is 36.2 Å². The first kappa shape index (κ1) is 15.2. The molecule has 1 fully saturated rings. The number of aliphatic carboxylic acids is 1. The molecule has 1 aliphatic rings. The lowest BCUT2D eigenvalue weighted by atomic mass is 10.0. The van der Waals surface area contributed by atoms with Crippen molar-refractivity contribution < 1.29 is 19.4 Å². The van der Waals surface area contributed by atoms with Crippen LogP contribution >= 0.6 is 22.6 Å². The molecule has 2 rings (SSSR count). The van der Waals surface area contributed by atoms with Gasteiger partial charge in [0.05, 0.1) is 12.5 Å². The average molecular weight is 389 g/mol. The van der Waals surface area contributed by atoms with E-state index in [1.54, 1.807) is 0 Å². The van der Waals surface area contributed by atoms with Gasteiger partial charge in [0.15, 0.2) is 0 Å². The van der Waals surface area contributed by atoms with Crippen molar-refractivity contribution in [2.45, 2.75) is 18.9 Å². The molecule has 1 saturated heterocycles. The second-order valence-corrected chi connectivity index (χ2v) is 6.04. The fraction of sp³-hybridized carbons (Fsp3) is 0.429. The summed E-state index contributed by atoms with van der Waals surface area (Å²) < 4.78 is 6.23. The number of rotatable bonds is 5. The van der Waals surface area contributed by atoms with Crippen LogP contribution in [0, 0.1) is 9.49 Å². The Morgan fingerprint density at radius 2 is 2.10 bits per heavy atom. The molecule has 1 aromatic rings. The number of benzene rings is 1. The quantitative estimate of drug-likeness (QED) is 0.748. The highest BCUT2D eigenvalue weighted by molar-refractivity contribution is 14.1. The monoisotopic (exact) mass is 389 g/mol. The Morgan fingerprint density at radius 1 is 1.40 bits per heavy atom. The highest BCUT2D eigenvalue weighted by Gasteiger charge is 2.28. The van der Waals surface area contributed by atoms with Crippen molar-refractivity contribution in [2.75, 3.05) is 13.2 Å². The molecule has 0 aliphatic carbocycles. The number of carboxylic acid groups (broad SMARTS) is 1. The number of hydrogen-bond acceptors (Lipinski definition) is 3. The number of carbonyl (C=O) groups excluding carboxylic acids is 1. The summed E-state index contributed by atoms with van der Waals surface area (Å²) in [5.74, 6) is -1.48. The van der Waals surface area contributed by atoms with Gasteiger partial charge in [-0.25, -0.2) is 4.79 Å². The minimum atomic E-state index is -1.02. The maximum atomic E-state index is 11.9. The van der Waals surface area contributed by atoms with Gasteiger partial charge in [-0.3, -0.25) is 4.79 Å². The summed E-state index contributed by atoms with van der Waals surface area (Å²) in [6, 6.07) is 6.69. The molecule has 0 aromatic heterocycles. The standard InChI is InChI=1S/C14H16INO4/c15-11-3-1-9(2-4-11)7-12(14(18)19)16-13(17)10-5-6-20-8-10/h1-4,10,12H,5-8H2,(H,16,17)(H,18,19)/t10-,12+/m1/s1. The third-order valence-electron chi connectivity index (χ3n) is 3.27. The summed E-state index contributed by atoms with van der Waals surface area (Å²) in [5.41, 5.74) is 0.890.